The van der Waals surface area contributed by atoms with Crippen molar-refractivity contribution in [3.05, 3.63) is 108 Å². The van der Waals surface area contributed by atoms with Gasteiger partial charge in [0, 0.05) is 10.5 Å². The molecule has 35 heavy (non-hydrogen) atoms. The lowest BCUT2D eigenvalue weighted by molar-refractivity contribution is 0.200. The smallest absolute Gasteiger partial charge is 0.410 e. The van der Waals surface area contributed by atoms with E-state index >= 15 is 0 Å². The molecule has 0 bridgehead atoms. The number of carbonyl (C=O) groups is 1. The number of imidazole rings is 1. The second-order valence-electron chi connectivity index (χ2n) is 8.19. The van der Waals surface area contributed by atoms with Crippen molar-refractivity contribution in [2.24, 2.45) is 0 Å². The van der Waals surface area contributed by atoms with Gasteiger partial charge in [-0.1, -0.05) is 77.5 Å². The summed E-state index contributed by atoms with van der Waals surface area (Å²) < 4.78 is 7.24. The Kier molecular flexibility index (Phi) is 6.50. The topological polar surface area (TPSA) is 68.5 Å². The lowest BCUT2D eigenvalue weighted by atomic mass is 10.1. The molecule has 5 aromatic rings. The van der Waals surface area contributed by atoms with E-state index in [1.807, 2.05) is 92.7 Å². The normalized spacial score (nSPS) is 10.9. The minimum atomic E-state index is -0.534. The van der Waals surface area contributed by atoms with Crippen LogP contribution in [-0.2, 0) is 6.54 Å². The fraction of sp³-hybridized carbons (Fsp3) is 0.107. The van der Waals surface area contributed by atoms with Gasteiger partial charge in [-0.2, -0.15) is 5.10 Å². The van der Waals surface area contributed by atoms with Gasteiger partial charge < -0.3 is 10.1 Å². The Morgan fingerprint density at radius 1 is 0.886 bits per heavy atom. The zero-order valence-electron chi connectivity index (χ0n) is 19.4. The third-order valence-corrected chi connectivity index (χ3v) is 6.40. The molecule has 7 heteroatoms. The van der Waals surface area contributed by atoms with Crippen LogP contribution in [0.3, 0.4) is 0 Å². The first kappa shape index (κ1) is 22.7. The Morgan fingerprint density at radius 3 is 2.29 bits per heavy atom. The predicted molar refractivity (Wildman–Crippen MR) is 138 cm³/mol. The summed E-state index contributed by atoms with van der Waals surface area (Å²) in [6.45, 7) is 4.24. The number of nitrogens with zero attached hydrogens (tertiary/aromatic N) is 3. The first-order valence-electron chi connectivity index (χ1n) is 11.3. The summed E-state index contributed by atoms with van der Waals surface area (Å²) in [5.41, 5.74) is 5.49. The van der Waals surface area contributed by atoms with Gasteiger partial charge in [0.2, 0.25) is 0 Å². The van der Waals surface area contributed by atoms with Crippen LogP contribution >= 0.6 is 11.8 Å². The third-order valence-electron chi connectivity index (χ3n) is 5.47. The van der Waals surface area contributed by atoms with E-state index in [0.717, 1.165) is 32.4 Å². The van der Waals surface area contributed by atoms with E-state index in [1.165, 1.54) is 5.56 Å². The Labute approximate surface area is 208 Å². The molecule has 2 aromatic heterocycles. The van der Waals surface area contributed by atoms with Gasteiger partial charge in [0.25, 0.3) is 0 Å². The molecule has 5 rings (SSSR count). The molecule has 0 atom stereocenters. The monoisotopic (exact) mass is 480 g/mol. The Balaban J connectivity index is 1.46. The summed E-state index contributed by atoms with van der Waals surface area (Å²) in [7, 11) is 0. The fourth-order valence-corrected chi connectivity index (χ4v) is 4.43. The van der Waals surface area contributed by atoms with E-state index in [9.17, 15) is 4.79 Å². The predicted octanol–water partition coefficient (Wildman–Crippen LogP) is 6.45. The highest BCUT2D eigenvalue weighted by atomic mass is 32.2. The van der Waals surface area contributed by atoms with Crippen molar-refractivity contribution in [2.45, 2.75) is 30.3 Å². The molecule has 0 saturated heterocycles. The van der Waals surface area contributed by atoms with E-state index in [4.69, 9.17) is 14.8 Å². The van der Waals surface area contributed by atoms with E-state index < -0.39 is 6.09 Å². The average molecular weight is 481 g/mol. The van der Waals surface area contributed by atoms with Crippen molar-refractivity contribution < 1.29 is 9.53 Å². The maximum Gasteiger partial charge on any atom is 0.412 e. The summed E-state index contributed by atoms with van der Waals surface area (Å²) in [6.07, 6.45) is -0.534. The van der Waals surface area contributed by atoms with Crippen molar-refractivity contribution in [3.8, 4) is 17.0 Å². The molecule has 0 aliphatic rings. The standard InChI is InChI=1S/C28H24N4O2S/c1-19-8-12-21(13-9-19)27-24(18-29-28(33)34-22-14-10-20(2)11-15-22)32-25(30-27)16-17-26(31-32)35-23-6-4-3-5-7-23/h3-17H,18H2,1-2H3,(H,29,33). The molecule has 1 N–H and O–H groups in total. The number of rotatable bonds is 6. The van der Waals surface area contributed by atoms with Crippen molar-refractivity contribution in [3.63, 3.8) is 0 Å². The van der Waals surface area contributed by atoms with Crippen molar-refractivity contribution in [1.29, 1.82) is 0 Å². The number of amides is 1. The number of benzene rings is 3. The Hall–Kier alpha value is -4.10. The number of aryl methyl sites for hydroxylation is 2. The van der Waals surface area contributed by atoms with Crippen LogP contribution in [0.2, 0.25) is 0 Å². The van der Waals surface area contributed by atoms with Gasteiger partial charge in [0.05, 0.1) is 17.9 Å². The quantitative estimate of drug-likeness (QED) is 0.302. The number of nitrogens with one attached hydrogen (secondary N) is 1. The molecule has 0 aliphatic carbocycles. The van der Waals surface area contributed by atoms with Crippen LogP contribution in [0, 0.1) is 13.8 Å². The van der Waals surface area contributed by atoms with Crippen LogP contribution in [-0.4, -0.2) is 20.7 Å². The molecule has 0 aliphatic heterocycles. The maximum absolute atomic E-state index is 12.5. The first-order chi connectivity index (χ1) is 17.0. The molecule has 0 saturated carbocycles. The molecule has 6 nitrogen and oxygen atoms in total. The van der Waals surface area contributed by atoms with Gasteiger partial charge in [0.1, 0.15) is 10.8 Å². The molecule has 3 aromatic carbocycles. The minimum absolute atomic E-state index is 0.210. The van der Waals surface area contributed by atoms with Gasteiger partial charge in [0.15, 0.2) is 5.65 Å². The van der Waals surface area contributed by atoms with Crippen molar-refractivity contribution >= 4 is 23.5 Å². The van der Waals surface area contributed by atoms with Crippen LogP contribution in [0.4, 0.5) is 4.79 Å². The lowest BCUT2D eigenvalue weighted by Gasteiger charge is -2.09. The summed E-state index contributed by atoms with van der Waals surface area (Å²) in [5.74, 6) is 0.490. The maximum atomic E-state index is 12.5. The highest BCUT2D eigenvalue weighted by molar-refractivity contribution is 7.99. The summed E-state index contributed by atoms with van der Waals surface area (Å²) >= 11 is 1.57. The molecule has 0 spiro atoms. The molecule has 0 fully saturated rings. The number of ether oxygens (including phenoxy) is 1. The number of fused-ring (bicyclic) bond motifs is 1. The van der Waals surface area contributed by atoms with Gasteiger partial charge in [-0.25, -0.2) is 14.3 Å². The molecule has 0 unspecified atom stereocenters. The van der Waals surface area contributed by atoms with E-state index in [1.54, 1.807) is 28.4 Å². The van der Waals surface area contributed by atoms with Gasteiger partial charge in [-0.15, -0.1) is 0 Å². The SMILES string of the molecule is Cc1ccc(OC(=O)NCc2c(-c3ccc(C)cc3)nc3ccc(Sc4ccccc4)nn23)cc1. The molecular formula is C28H24N4O2S. The highest BCUT2D eigenvalue weighted by Crippen LogP contribution is 2.29. The summed E-state index contributed by atoms with van der Waals surface area (Å²) in [5, 5.41) is 8.53. The van der Waals surface area contributed by atoms with E-state index in [-0.39, 0.29) is 6.54 Å². The van der Waals surface area contributed by atoms with Crippen molar-refractivity contribution in [2.75, 3.05) is 0 Å². The summed E-state index contributed by atoms with van der Waals surface area (Å²) in [6, 6.07) is 29.5. The largest absolute Gasteiger partial charge is 0.412 e. The fourth-order valence-electron chi connectivity index (χ4n) is 3.63. The third kappa shape index (κ3) is 5.36. The van der Waals surface area contributed by atoms with Crippen LogP contribution < -0.4 is 10.1 Å². The van der Waals surface area contributed by atoms with Gasteiger partial charge in [-0.05, 0) is 50.2 Å². The average Bonchev–Trinajstić information content (AvgIpc) is 3.23. The second-order valence-corrected chi connectivity index (χ2v) is 9.28. The Bertz CT molecular complexity index is 1460. The van der Waals surface area contributed by atoms with Gasteiger partial charge in [-0.3, -0.25) is 0 Å². The zero-order chi connectivity index (χ0) is 24.2. The van der Waals surface area contributed by atoms with E-state index in [0.29, 0.717) is 11.4 Å². The summed E-state index contributed by atoms with van der Waals surface area (Å²) in [4.78, 5) is 18.5. The first-order valence-corrected chi connectivity index (χ1v) is 12.1. The number of hydrogen-bond acceptors (Lipinski definition) is 5. The minimum Gasteiger partial charge on any atom is -0.410 e. The highest BCUT2D eigenvalue weighted by Gasteiger charge is 2.17. The molecule has 2 heterocycles. The van der Waals surface area contributed by atoms with E-state index in [2.05, 4.69) is 5.32 Å². The second kappa shape index (κ2) is 10.0. The number of carbonyl (C=O) groups excluding carboxylic acids is 1. The van der Waals surface area contributed by atoms with Gasteiger partial charge >= 0.3 is 6.09 Å². The lowest BCUT2D eigenvalue weighted by Crippen LogP contribution is -2.27. The molecular weight excluding hydrogens is 456 g/mol. The molecule has 0 radical (unpaired) electrons. The van der Waals surface area contributed by atoms with Crippen LogP contribution in [0.25, 0.3) is 16.9 Å². The molecule has 174 valence electrons. The van der Waals surface area contributed by atoms with Crippen LogP contribution in [0.5, 0.6) is 5.75 Å². The number of aromatic nitrogens is 3. The van der Waals surface area contributed by atoms with Crippen molar-refractivity contribution in [1.82, 2.24) is 19.9 Å². The zero-order valence-corrected chi connectivity index (χ0v) is 20.3. The van der Waals surface area contributed by atoms with Crippen LogP contribution in [0.15, 0.2) is 101 Å². The molecule has 1 amide bonds. The van der Waals surface area contributed by atoms with Crippen LogP contribution in [0.1, 0.15) is 16.8 Å². The number of hydrogen-bond donors (Lipinski definition) is 1. The Morgan fingerprint density at radius 2 is 1.57 bits per heavy atom.